The van der Waals surface area contributed by atoms with Gasteiger partial charge in [0.2, 0.25) is 0 Å². The quantitative estimate of drug-likeness (QED) is 0.562. The molecule has 1 aliphatic heterocycles. The van der Waals surface area contributed by atoms with Gasteiger partial charge in [0.25, 0.3) is 0 Å². The van der Waals surface area contributed by atoms with Crippen molar-refractivity contribution in [1.29, 1.82) is 0 Å². The number of anilines is 1. The largest absolute Gasteiger partial charge is 0.486 e. The predicted octanol–water partition coefficient (Wildman–Crippen LogP) is 5.99. The van der Waals surface area contributed by atoms with Gasteiger partial charge < -0.3 is 10.1 Å². The van der Waals surface area contributed by atoms with Crippen molar-refractivity contribution in [1.82, 2.24) is 0 Å². The monoisotopic (exact) mass is 450 g/mol. The molecule has 1 aliphatic rings. The summed E-state index contributed by atoms with van der Waals surface area (Å²) in [5.74, 6) is 1.64. The second-order valence-electron chi connectivity index (χ2n) is 6.93. The smallest absolute Gasteiger partial charge is 0.136 e. The minimum absolute atomic E-state index is 0.215. The second kappa shape index (κ2) is 9.11. The lowest BCUT2D eigenvalue weighted by Crippen LogP contribution is -2.22. The number of rotatable bonds is 7. The van der Waals surface area contributed by atoms with Gasteiger partial charge in [0.1, 0.15) is 23.2 Å². The number of aliphatic imine (C=N–C) groups is 1. The van der Waals surface area contributed by atoms with E-state index in [4.69, 9.17) is 9.73 Å². The van der Waals surface area contributed by atoms with E-state index in [2.05, 4.69) is 28.2 Å². The van der Waals surface area contributed by atoms with Gasteiger partial charge in [-0.1, -0.05) is 22.0 Å². The number of halogens is 2. The third kappa shape index (κ3) is 5.72. The Hall–Kier alpha value is -1.53. The highest BCUT2D eigenvalue weighted by Crippen LogP contribution is 2.26. The first kappa shape index (κ1) is 20.2. The first-order valence-corrected chi connectivity index (χ1v) is 10.8. The molecule has 0 aromatic heterocycles. The van der Waals surface area contributed by atoms with Crippen molar-refractivity contribution < 1.29 is 9.13 Å². The SMILES string of the molecule is Cc1ccc(F)cc1NC(C)CC1CSC(COc2ccc(Br)cc2C)=N1. The molecular weight excluding hydrogens is 427 g/mol. The van der Waals surface area contributed by atoms with Crippen molar-refractivity contribution in [2.75, 3.05) is 17.7 Å². The van der Waals surface area contributed by atoms with Crippen LogP contribution in [0.1, 0.15) is 24.5 Å². The van der Waals surface area contributed by atoms with Gasteiger partial charge in [0, 0.05) is 22.0 Å². The number of nitrogens with one attached hydrogen (secondary N) is 1. The fourth-order valence-corrected chi connectivity index (χ4v) is 4.50. The van der Waals surface area contributed by atoms with Gasteiger partial charge in [-0.2, -0.15) is 0 Å². The van der Waals surface area contributed by atoms with E-state index in [0.717, 1.165) is 44.3 Å². The summed E-state index contributed by atoms with van der Waals surface area (Å²) in [5.41, 5.74) is 3.01. The number of nitrogens with zero attached hydrogens (tertiary/aromatic N) is 1. The normalized spacial score (nSPS) is 17.5. The molecule has 0 saturated carbocycles. The second-order valence-corrected chi connectivity index (χ2v) is 8.94. The van der Waals surface area contributed by atoms with E-state index >= 15 is 0 Å². The van der Waals surface area contributed by atoms with Crippen LogP contribution in [0.2, 0.25) is 0 Å². The molecule has 1 heterocycles. The maximum absolute atomic E-state index is 13.4. The molecule has 0 spiro atoms. The zero-order valence-corrected chi connectivity index (χ0v) is 18.2. The summed E-state index contributed by atoms with van der Waals surface area (Å²) in [4.78, 5) is 4.80. The zero-order valence-electron chi connectivity index (χ0n) is 15.8. The van der Waals surface area contributed by atoms with Gasteiger partial charge in [0.05, 0.1) is 6.04 Å². The highest BCUT2D eigenvalue weighted by atomic mass is 79.9. The average molecular weight is 451 g/mol. The van der Waals surface area contributed by atoms with Crippen molar-refractivity contribution >= 4 is 38.4 Å². The number of aryl methyl sites for hydroxylation is 2. The molecule has 2 unspecified atom stereocenters. The van der Waals surface area contributed by atoms with Gasteiger partial charge in [0.15, 0.2) is 0 Å². The molecule has 0 bridgehead atoms. The summed E-state index contributed by atoms with van der Waals surface area (Å²) in [6.45, 7) is 6.64. The highest BCUT2D eigenvalue weighted by Gasteiger charge is 2.21. The molecule has 2 aromatic rings. The molecule has 2 aromatic carbocycles. The molecule has 0 amide bonds. The molecule has 0 saturated heterocycles. The fraction of sp³-hybridized carbons (Fsp3) is 0.381. The van der Waals surface area contributed by atoms with Crippen LogP contribution in [0.3, 0.4) is 0 Å². The van der Waals surface area contributed by atoms with Crippen molar-refractivity contribution in [2.24, 2.45) is 4.99 Å². The van der Waals surface area contributed by atoms with Crippen molar-refractivity contribution in [3.8, 4) is 5.75 Å². The predicted molar refractivity (Wildman–Crippen MR) is 117 cm³/mol. The topological polar surface area (TPSA) is 33.6 Å². The van der Waals surface area contributed by atoms with E-state index in [0.29, 0.717) is 6.61 Å². The zero-order chi connectivity index (χ0) is 19.4. The minimum atomic E-state index is -0.215. The average Bonchev–Trinajstić information content (AvgIpc) is 3.04. The van der Waals surface area contributed by atoms with Gasteiger partial charge in [-0.3, -0.25) is 4.99 Å². The number of hydrogen-bond acceptors (Lipinski definition) is 4. The van der Waals surface area contributed by atoms with E-state index in [1.807, 2.05) is 32.0 Å². The van der Waals surface area contributed by atoms with Crippen LogP contribution in [-0.4, -0.2) is 29.5 Å². The van der Waals surface area contributed by atoms with Crippen molar-refractivity contribution in [3.63, 3.8) is 0 Å². The molecule has 27 heavy (non-hydrogen) atoms. The third-order valence-corrected chi connectivity index (χ3v) is 6.09. The van der Waals surface area contributed by atoms with Crippen LogP contribution in [0.15, 0.2) is 45.9 Å². The van der Waals surface area contributed by atoms with E-state index in [-0.39, 0.29) is 17.9 Å². The Morgan fingerprint density at radius 3 is 2.85 bits per heavy atom. The van der Waals surface area contributed by atoms with Gasteiger partial charge in [-0.25, -0.2) is 4.39 Å². The number of benzene rings is 2. The van der Waals surface area contributed by atoms with Crippen LogP contribution in [0.5, 0.6) is 5.75 Å². The summed E-state index contributed by atoms with van der Waals surface area (Å²) in [7, 11) is 0. The van der Waals surface area contributed by atoms with Gasteiger partial charge in [-0.15, -0.1) is 11.8 Å². The van der Waals surface area contributed by atoms with E-state index in [1.165, 1.54) is 6.07 Å². The number of hydrogen-bond donors (Lipinski definition) is 1. The Balaban J connectivity index is 1.51. The fourth-order valence-electron chi connectivity index (χ4n) is 3.07. The van der Waals surface area contributed by atoms with E-state index < -0.39 is 0 Å². The minimum Gasteiger partial charge on any atom is -0.486 e. The molecule has 0 fully saturated rings. The summed E-state index contributed by atoms with van der Waals surface area (Å²) in [6.07, 6.45) is 0.907. The molecular formula is C21H24BrFN2OS. The first-order chi connectivity index (χ1) is 12.9. The molecule has 144 valence electrons. The Labute approximate surface area is 172 Å². The Morgan fingerprint density at radius 1 is 1.26 bits per heavy atom. The van der Waals surface area contributed by atoms with E-state index in [1.54, 1.807) is 23.9 Å². The van der Waals surface area contributed by atoms with Crippen LogP contribution >= 0.6 is 27.7 Å². The molecule has 3 nitrogen and oxygen atoms in total. The standard InChI is InChI=1S/C21H24BrFN2OS/c1-13-4-6-17(23)10-19(13)24-15(3)9-18-12-27-21(25-18)11-26-20-7-5-16(22)8-14(20)2/h4-8,10,15,18,24H,9,11-12H2,1-3H3. The number of ether oxygens (including phenoxy) is 1. The molecule has 6 heteroatoms. The van der Waals surface area contributed by atoms with Gasteiger partial charge >= 0.3 is 0 Å². The van der Waals surface area contributed by atoms with E-state index in [9.17, 15) is 4.39 Å². The van der Waals surface area contributed by atoms with Gasteiger partial charge in [-0.05, 0) is 68.7 Å². The molecule has 1 N–H and O–H groups in total. The molecule has 0 aliphatic carbocycles. The van der Waals surface area contributed by atoms with Crippen LogP contribution in [0.4, 0.5) is 10.1 Å². The van der Waals surface area contributed by atoms with Crippen LogP contribution in [-0.2, 0) is 0 Å². The van der Waals surface area contributed by atoms with Crippen LogP contribution < -0.4 is 10.1 Å². The Kier molecular flexibility index (Phi) is 6.82. The lowest BCUT2D eigenvalue weighted by atomic mass is 10.1. The van der Waals surface area contributed by atoms with Crippen molar-refractivity contribution in [2.45, 2.75) is 39.3 Å². The lowest BCUT2D eigenvalue weighted by molar-refractivity contribution is 0.376. The number of thioether (sulfide) groups is 1. The van der Waals surface area contributed by atoms with Crippen molar-refractivity contribution in [3.05, 3.63) is 57.8 Å². The summed E-state index contributed by atoms with van der Waals surface area (Å²) in [6, 6.07) is 11.3. The lowest BCUT2D eigenvalue weighted by Gasteiger charge is -2.19. The Morgan fingerprint density at radius 2 is 2.07 bits per heavy atom. The highest BCUT2D eigenvalue weighted by molar-refractivity contribution is 9.10. The third-order valence-electron chi connectivity index (χ3n) is 4.48. The maximum atomic E-state index is 13.4. The Bertz CT molecular complexity index is 843. The van der Waals surface area contributed by atoms with Crippen LogP contribution in [0.25, 0.3) is 0 Å². The summed E-state index contributed by atoms with van der Waals surface area (Å²) < 4.78 is 20.4. The molecule has 2 atom stereocenters. The first-order valence-electron chi connectivity index (χ1n) is 9.02. The van der Waals surface area contributed by atoms with Crippen LogP contribution in [0, 0.1) is 19.7 Å². The summed E-state index contributed by atoms with van der Waals surface area (Å²) in [5, 5.41) is 4.45. The summed E-state index contributed by atoms with van der Waals surface area (Å²) >= 11 is 5.23. The maximum Gasteiger partial charge on any atom is 0.136 e. The molecule has 3 rings (SSSR count). The molecule has 0 radical (unpaired) electrons.